The second kappa shape index (κ2) is 10.4. The van der Waals surface area contributed by atoms with Crippen LogP contribution in [-0.4, -0.2) is 48.3 Å². The molecule has 0 atom stereocenters. The van der Waals surface area contributed by atoms with E-state index >= 15 is 0 Å². The maximum absolute atomic E-state index is 12.7. The Labute approximate surface area is 201 Å². The van der Waals surface area contributed by atoms with Crippen LogP contribution in [0.15, 0.2) is 52.3 Å². The van der Waals surface area contributed by atoms with Gasteiger partial charge in [-0.15, -0.1) is 0 Å². The lowest BCUT2D eigenvalue weighted by atomic mass is 10.2. The number of carboxylic acid groups (broad SMARTS) is 1. The lowest BCUT2D eigenvalue weighted by Crippen LogP contribution is -2.29. The number of thiocarbonyl (C=S) groups is 1. The summed E-state index contributed by atoms with van der Waals surface area (Å²) < 4.78 is 36.1. The van der Waals surface area contributed by atoms with Crippen molar-refractivity contribution < 1.29 is 32.0 Å². The molecule has 2 aromatic carbocycles. The molecule has 1 amide bonds. The van der Waals surface area contributed by atoms with E-state index in [1.807, 2.05) is 6.92 Å². The van der Waals surface area contributed by atoms with E-state index in [9.17, 15) is 18.0 Å². The molecule has 0 aliphatic carbocycles. The van der Waals surface area contributed by atoms with Crippen molar-refractivity contribution in [3.8, 4) is 11.5 Å². The van der Waals surface area contributed by atoms with Crippen molar-refractivity contribution in [2.75, 3.05) is 13.7 Å². The van der Waals surface area contributed by atoms with Gasteiger partial charge in [-0.2, -0.15) is 8.42 Å². The van der Waals surface area contributed by atoms with E-state index in [1.165, 1.54) is 30.2 Å². The van der Waals surface area contributed by atoms with Gasteiger partial charge in [0.05, 0.1) is 12.0 Å². The summed E-state index contributed by atoms with van der Waals surface area (Å²) in [5, 5.41) is 8.77. The smallest absolute Gasteiger partial charge is 0.339 e. The molecule has 0 aromatic heterocycles. The van der Waals surface area contributed by atoms with Crippen molar-refractivity contribution in [3.05, 3.63) is 58.5 Å². The molecule has 1 N–H and O–H groups in total. The molecular weight excluding hydrogens is 486 g/mol. The van der Waals surface area contributed by atoms with Crippen molar-refractivity contribution in [3.63, 3.8) is 0 Å². The van der Waals surface area contributed by atoms with Crippen molar-refractivity contribution in [2.45, 2.75) is 24.7 Å². The molecule has 2 aromatic rings. The van der Waals surface area contributed by atoms with Gasteiger partial charge < -0.3 is 14.0 Å². The number of ether oxygens (including phenoxy) is 1. The summed E-state index contributed by atoms with van der Waals surface area (Å²) in [6, 6.07) is 10.9. The fourth-order valence-electron chi connectivity index (χ4n) is 2.95. The summed E-state index contributed by atoms with van der Waals surface area (Å²) in [5.41, 5.74) is 1.50. The zero-order valence-electron chi connectivity index (χ0n) is 17.8. The number of carbonyl (C=O) groups is 2. The number of hydrogen-bond acceptors (Lipinski definition) is 8. The fourth-order valence-corrected chi connectivity index (χ4v) is 5.19. The maximum atomic E-state index is 12.7. The van der Waals surface area contributed by atoms with Crippen molar-refractivity contribution >= 4 is 56.4 Å². The maximum Gasteiger partial charge on any atom is 0.339 e. The average molecular weight is 508 g/mol. The monoisotopic (exact) mass is 507 g/mol. The Balaban J connectivity index is 1.79. The summed E-state index contributed by atoms with van der Waals surface area (Å²) >= 11 is 6.36. The number of nitrogens with zero attached hydrogens (tertiary/aromatic N) is 1. The zero-order valence-corrected chi connectivity index (χ0v) is 20.3. The van der Waals surface area contributed by atoms with Gasteiger partial charge in [0.1, 0.15) is 9.22 Å². The molecule has 8 nitrogen and oxygen atoms in total. The number of amides is 1. The van der Waals surface area contributed by atoms with Gasteiger partial charge in [0.2, 0.25) is 0 Å². The van der Waals surface area contributed by atoms with Crippen LogP contribution in [0.1, 0.15) is 24.0 Å². The number of rotatable bonds is 9. The molecule has 1 aliphatic heterocycles. The first-order valence-electron chi connectivity index (χ1n) is 9.77. The van der Waals surface area contributed by atoms with Gasteiger partial charge in [-0.05, 0) is 49.2 Å². The zero-order chi connectivity index (χ0) is 24.2. The summed E-state index contributed by atoms with van der Waals surface area (Å²) in [6.45, 7) is 2.07. The molecule has 1 fully saturated rings. The predicted octanol–water partition coefficient (Wildman–Crippen LogP) is 3.84. The van der Waals surface area contributed by atoms with Gasteiger partial charge in [-0.25, -0.2) is 0 Å². The summed E-state index contributed by atoms with van der Waals surface area (Å²) in [5.74, 6) is -1.06. The first kappa shape index (κ1) is 24.7. The number of hydrogen-bond donors (Lipinski definition) is 1. The van der Waals surface area contributed by atoms with Crippen LogP contribution in [0.3, 0.4) is 0 Å². The Morgan fingerprint density at radius 1 is 1.18 bits per heavy atom. The van der Waals surface area contributed by atoms with E-state index in [0.29, 0.717) is 21.2 Å². The van der Waals surface area contributed by atoms with Gasteiger partial charge in [0.25, 0.3) is 5.91 Å². The molecule has 0 saturated carbocycles. The normalized spacial score (nSPS) is 15.2. The van der Waals surface area contributed by atoms with Crippen LogP contribution < -0.4 is 8.92 Å². The van der Waals surface area contributed by atoms with Crippen LogP contribution in [0.25, 0.3) is 6.08 Å². The molecule has 0 radical (unpaired) electrons. The van der Waals surface area contributed by atoms with Crippen LogP contribution in [0.2, 0.25) is 0 Å². The lowest BCUT2D eigenvalue weighted by molar-refractivity contribution is -0.137. The molecule has 3 rings (SSSR count). The summed E-state index contributed by atoms with van der Waals surface area (Å²) in [4.78, 5) is 25.1. The predicted molar refractivity (Wildman–Crippen MR) is 129 cm³/mol. The van der Waals surface area contributed by atoms with Crippen LogP contribution in [0.4, 0.5) is 0 Å². The third-order valence-electron chi connectivity index (χ3n) is 4.64. The van der Waals surface area contributed by atoms with Crippen LogP contribution in [0.5, 0.6) is 11.5 Å². The number of carboxylic acids is 1. The van der Waals surface area contributed by atoms with Crippen molar-refractivity contribution in [1.29, 1.82) is 0 Å². The molecular formula is C22H21NO7S3. The average Bonchev–Trinajstić information content (AvgIpc) is 3.02. The minimum Gasteiger partial charge on any atom is -0.493 e. The van der Waals surface area contributed by atoms with Crippen molar-refractivity contribution in [2.24, 2.45) is 0 Å². The third-order valence-corrected chi connectivity index (χ3v) is 7.27. The minimum atomic E-state index is -4.06. The number of aliphatic carboxylic acids is 1. The molecule has 174 valence electrons. The Kier molecular flexibility index (Phi) is 7.77. The van der Waals surface area contributed by atoms with Crippen LogP contribution >= 0.6 is 24.0 Å². The SMILES string of the molecule is COc1cc(C=C2SC(=S)N(CCCC(=O)O)C2=O)ccc1OS(=O)(=O)c1ccc(C)cc1. The molecule has 33 heavy (non-hydrogen) atoms. The quantitative estimate of drug-likeness (QED) is 0.307. The molecule has 11 heteroatoms. The topological polar surface area (TPSA) is 110 Å². The molecule has 0 bridgehead atoms. The number of aryl methyl sites for hydroxylation is 1. The Morgan fingerprint density at radius 2 is 1.88 bits per heavy atom. The summed E-state index contributed by atoms with van der Waals surface area (Å²) in [6.07, 6.45) is 1.85. The highest BCUT2D eigenvalue weighted by Crippen LogP contribution is 2.35. The number of thioether (sulfide) groups is 1. The second-order valence-electron chi connectivity index (χ2n) is 7.09. The lowest BCUT2D eigenvalue weighted by Gasteiger charge is -2.13. The fraction of sp³-hybridized carbons (Fsp3) is 0.227. The number of benzene rings is 2. The highest BCUT2D eigenvalue weighted by Gasteiger charge is 2.31. The Hall–Kier alpha value is -2.89. The van der Waals surface area contributed by atoms with Crippen LogP contribution in [-0.2, 0) is 19.7 Å². The van der Waals surface area contributed by atoms with Crippen molar-refractivity contribution in [1.82, 2.24) is 4.90 Å². The standard InChI is InChI=1S/C22H21NO7S3/c1-14-5-8-16(9-6-14)33(27,28)30-17-10-7-15(12-18(17)29-2)13-19-21(26)23(22(31)32-19)11-3-4-20(24)25/h5-10,12-13H,3-4,11H2,1-2H3,(H,24,25). The van der Waals surface area contributed by atoms with E-state index < -0.39 is 16.1 Å². The van der Waals surface area contributed by atoms with E-state index in [4.69, 9.17) is 26.2 Å². The van der Waals surface area contributed by atoms with E-state index in [0.717, 1.165) is 17.3 Å². The van der Waals surface area contributed by atoms with Crippen LogP contribution in [0, 0.1) is 6.92 Å². The highest BCUT2D eigenvalue weighted by molar-refractivity contribution is 8.26. The molecule has 1 aliphatic rings. The molecule has 1 saturated heterocycles. The Morgan fingerprint density at radius 3 is 2.52 bits per heavy atom. The van der Waals surface area contributed by atoms with Gasteiger partial charge in [0.15, 0.2) is 11.5 Å². The highest BCUT2D eigenvalue weighted by atomic mass is 32.2. The number of carbonyl (C=O) groups excluding carboxylic acids is 1. The molecule has 0 unspecified atom stereocenters. The number of methoxy groups -OCH3 is 1. The largest absolute Gasteiger partial charge is 0.493 e. The van der Waals surface area contributed by atoms with E-state index in [2.05, 4.69) is 0 Å². The summed E-state index contributed by atoms with van der Waals surface area (Å²) in [7, 11) is -2.67. The van der Waals surface area contributed by atoms with E-state index in [1.54, 1.807) is 30.3 Å². The van der Waals surface area contributed by atoms with Gasteiger partial charge in [0, 0.05) is 13.0 Å². The first-order chi connectivity index (χ1) is 15.6. The second-order valence-corrected chi connectivity index (χ2v) is 10.3. The molecule has 0 spiro atoms. The third kappa shape index (κ3) is 6.12. The first-order valence-corrected chi connectivity index (χ1v) is 12.4. The van der Waals surface area contributed by atoms with Gasteiger partial charge in [-0.1, -0.05) is 47.7 Å². The van der Waals surface area contributed by atoms with Gasteiger partial charge >= 0.3 is 16.1 Å². The van der Waals surface area contributed by atoms with Gasteiger partial charge in [-0.3, -0.25) is 14.5 Å². The van der Waals surface area contributed by atoms with E-state index in [-0.39, 0.29) is 35.3 Å². The Bertz CT molecular complexity index is 1220. The minimum absolute atomic E-state index is 0.0106. The molecule has 1 heterocycles.